The van der Waals surface area contributed by atoms with E-state index in [4.69, 9.17) is 0 Å². The fraction of sp³-hybridized carbons (Fsp3) is 0.600. The van der Waals surface area contributed by atoms with Crippen molar-refractivity contribution in [1.82, 2.24) is 5.32 Å². The minimum absolute atomic E-state index is 0.628. The molecule has 0 heterocycles. The summed E-state index contributed by atoms with van der Waals surface area (Å²) in [6, 6.07) is 8.97. The summed E-state index contributed by atoms with van der Waals surface area (Å²) in [5.74, 6) is 3.13. The first-order chi connectivity index (χ1) is 8.24. The predicted octanol–water partition coefficient (Wildman–Crippen LogP) is 4.04. The molecule has 1 rings (SSSR count). The molecule has 0 aromatic heterocycles. The van der Waals surface area contributed by atoms with Crippen LogP contribution in [0, 0.1) is 0 Å². The highest BCUT2D eigenvalue weighted by Crippen LogP contribution is 2.14. The van der Waals surface area contributed by atoms with Gasteiger partial charge in [-0.2, -0.15) is 11.8 Å². The summed E-state index contributed by atoms with van der Waals surface area (Å²) in [5.41, 5.74) is 2.81. The molecule has 0 radical (unpaired) electrons. The molecule has 2 heteroatoms. The molecule has 96 valence electrons. The Hall–Kier alpha value is -0.470. The second-order valence-corrected chi connectivity index (χ2v) is 6.02. The zero-order valence-electron chi connectivity index (χ0n) is 11.3. The van der Waals surface area contributed by atoms with Gasteiger partial charge >= 0.3 is 0 Å². The molecule has 0 bridgehead atoms. The van der Waals surface area contributed by atoms with Crippen molar-refractivity contribution in [3.05, 3.63) is 35.4 Å². The van der Waals surface area contributed by atoms with Gasteiger partial charge < -0.3 is 5.32 Å². The van der Waals surface area contributed by atoms with Gasteiger partial charge in [0.25, 0.3) is 0 Å². The summed E-state index contributed by atoms with van der Waals surface area (Å²) in [4.78, 5) is 0. The number of hydrogen-bond acceptors (Lipinski definition) is 2. The Morgan fingerprint density at radius 3 is 2.47 bits per heavy atom. The highest BCUT2D eigenvalue weighted by atomic mass is 32.2. The van der Waals surface area contributed by atoms with Crippen molar-refractivity contribution in [2.75, 3.05) is 18.1 Å². The second kappa shape index (κ2) is 8.60. The summed E-state index contributed by atoms with van der Waals surface area (Å²) >= 11 is 2.02. The topological polar surface area (TPSA) is 12.0 Å². The van der Waals surface area contributed by atoms with Gasteiger partial charge in [0.2, 0.25) is 0 Å². The Labute approximate surface area is 110 Å². The molecule has 1 aromatic carbocycles. The highest BCUT2D eigenvalue weighted by Gasteiger charge is 1.98. The number of nitrogens with one attached hydrogen (secondary N) is 1. The average Bonchev–Trinajstić information content (AvgIpc) is 2.34. The van der Waals surface area contributed by atoms with Crippen LogP contribution >= 0.6 is 11.8 Å². The van der Waals surface area contributed by atoms with Gasteiger partial charge in [-0.25, -0.2) is 0 Å². The molecule has 0 unspecified atom stereocenters. The lowest BCUT2D eigenvalue weighted by Gasteiger charge is -2.08. The highest BCUT2D eigenvalue weighted by molar-refractivity contribution is 7.99. The molecule has 0 aliphatic heterocycles. The molecule has 0 aliphatic rings. The maximum Gasteiger partial charge on any atom is 0.0205 e. The van der Waals surface area contributed by atoms with E-state index in [1.54, 1.807) is 0 Å². The smallest absolute Gasteiger partial charge is 0.0205 e. The maximum atomic E-state index is 3.50. The van der Waals surface area contributed by atoms with Crippen LogP contribution in [0.5, 0.6) is 0 Å². The number of hydrogen-bond donors (Lipinski definition) is 1. The summed E-state index contributed by atoms with van der Waals surface area (Å²) in [5, 5.41) is 3.50. The van der Waals surface area contributed by atoms with E-state index in [9.17, 15) is 0 Å². The standard InChI is InChI=1S/C15H25NS/c1-4-17-11-5-10-16-12-14-6-8-15(9-7-14)13(2)3/h6-9,13,16H,4-5,10-12H2,1-3H3. The summed E-state index contributed by atoms with van der Waals surface area (Å²) < 4.78 is 0. The third-order valence-corrected chi connectivity index (χ3v) is 3.81. The fourth-order valence-electron chi connectivity index (χ4n) is 1.70. The van der Waals surface area contributed by atoms with E-state index >= 15 is 0 Å². The number of benzene rings is 1. The Balaban J connectivity index is 2.19. The van der Waals surface area contributed by atoms with Crippen molar-refractivity contribution in [2.24, 2.45) is 0 Å². The average molecular weight is 251 g/mol. The van der Waals surface area contributed by atoms with E-state index in [1.807, 2.05) is 11.8 Å². The Kier molecular flexibility index (Phi) is 7.38. The molecule has 1 N–H and O–H groups in total. The first kappa shape index (κ1) is 14.6. The maximum absolute atomic E-state index is 3.50. The third kappa shape index (κ3) is 6.13. The van der Waals surface area contributed by atoms with E-state index in [-0.39, 0.29) is 0 Å². The molecule has 17 heavy (non-hydrogen) atoms. The van der Waals surface area contributed by atoms with Gasteiger partial charge in [0, 0.05) is 6.54 Å². The van der Waals surface area contributed by atoms with Crippen LogP contribution < -0.4 is 5.32 Å². The van der Waals surface area contributed by atoms with Crippen LogP contribution in [0.15, 0.2) is 24.3 Å². The van der Waals surface area contributed by atoms with Crippen LogP contribution in [0.3, 0.4) is 0 Å². The molecule has 0 fully saturated rings. The van der Waals surface area contributed by atoms with Crippen molar-refractivity contribution < 1.29 is 0 Å². The zero-order valence-corrected chi connectivity index (χ0v) is 12.1. The van der Waals surface area contributed by atoms with Gasteiger partial charge in [-0.3, -0.25) is 0 Å². The summed E-state index contributed by atoms with van der Waals surface area (Å²) in [6.45, 7) is 8.81. The van der Waals surface area contributed by atoms with Gasteiger partial charge in [0.05, 0.1) is 0 Å². The van der Waals surface area contributed by atoms with E-state index in [0.717, 1.165) is 13.1 Å². The fourth-order valence-corrected chi connectivity index (χ4v) is 2.33. The van der Waals surface area contributed by atoms with Crippen LogP contribution in [-0.2, 0) is 6.54 Å². The second-order valence-electron chi connectivity index (χ2n) is 4.62. The Bertz CT molecular complexity index is 292. The van der Waals surface area contributed by atoms with Crippen LogP contribution in [0.2, 0.25) is 0 Å². The first-order valence-electron chi connectivity index (χ1n) is 6.61. The molecular weight excluding hydrogens is 226 g/mol. The van der Waals surface area contributed by atoms with E-state index in [1.165, 1.54) is 29.1 Å². The largest absolute Gasteiger partial charge is 0.313 e. The van der Waals surface area contributed by atoms with Gasteiger partial charge in [0.1, 0.15) is 0 Å². The quantitative estimate of drug-likeness (QED) is 0.700. The van der Waals surface area contributed by atoms with Crippen molar-refractivity contribution in [3.63, 3.8) is 0 Å². The van der Waals surface area contributed by atoms with Crippen molar-refractivity contribution in [3.8, 4) is 0 Å². The van der Waals surface area contributed by atoms with E-state index < -0.39 is 0 Å². The normalized spacial score (nSPS) is 11.1. The SMILES string of the molecule is CCSCCCNCc1ccc(C(C)C)cc1. The molecule has 1 nitrogen and oxygen atoms in total. The lowest BCUT2D eigenvalue weighted by atomic mass is 10.0. The minimum atomic E-state index is 0.628. The number of rotatable bonds is 8. The van der Waals surface area contributed by atoms with Crippen molar-refractivity contribution >= 4 is 11.8 Å². The molecule has 0 saturated heterocycles. The molecule has 0 amide bonds. The van der Waals surface area contributed by atoms with Gasteiger partial charge in [-0.05, 0) is 41.5 Å². The predicted molar refractivity (Wildman–Crippen MR) is 79.9 cm³/mol. The molecule has 0 aliphatic carbocycles. The zero-order chi connectivity index (χ0) is 12.5. The summed E-state index contributed by atoms with van der Waals surface area (Å²) in [6.07, 6.45) is 1.27. The molecule has 1 aromatic rings. The van der Waals surface area contributed by atoms with Gasteiger partial charge in [0.15, 0.2) is 0 Å². The van der Waals surface area contributed by atoms with Crippen LogP contribution in [0.4, 0.5) is 0 Å². The minimum Gasteiger partial charge on any atom is -0.313 e. The first-order valence-corrected chi connectivity index (χ1v) is 7.76. The van der Waals surface area contributed by atoms with Gasteiger partial charge in [-0.1, -0.05) is 45.0 Å². The lowest BCUT2D eigenvalue weighted by Crippen LogP contribution is -2.15. The lowest BCUT2D eigenvalue weighted by molar-refractivity contribution is 0.678. The van der Waals surface area contributed by atoms with Crippen LogP contribution in [0.1, 0.15) is 44.2 Å². The van der Waals surface area contributed by atoms with Crippen molar-refractivity contribution in [1.29, 1.82) is 0 Å². The van der Waals surface area contributed by atoms with E-state index in [0.29, 0.717) is 5.92 Å². The van der Waals surface area contributed by atoms with E-state index in [2.05, 4.69) is 50.4 Å². The molecular formula is C15H25NS. The van der Waals surface area contributed by atoms with Crippen LogP contribution in [-0.4, -0.2) is 18.1 Å². The molecule has 0 spiro atoms. The third-order valence-electron chi connectivity index (χ3n) is 2.82. The van der Waals surface area contributed by atoms with Crippen LogP contribution in [0.25, 0.3) is 0 Å². The van der Waals surface area contributed by atoms with Gasteiger partial charge in [-0.15, -0.1) is 0 Å². The summed E-state index contributed by atoms with van der Waals surface area (Å²) in [7, 11) is 0. The van der Waals surface area contributed by atoms with Crippen molar-refractivity contribution in [2.45, 2.75) is 39.7 Å². The Morgan fingerprint density at radius 2 is 1.88 bits per heavy atom. The molecule has 0 atom stereocenters. The monoisotopic (exact) mass is 251 g/mol. The molecule has 0 saturated carbocycles. The number of thioether (sulfide) groups is 1. The Morgan fingerprint density at radius 1 is 1.18 bits per heavy atom.